The molecule has 0 saturated carbocycles. The largest absolute Gasteiger partial charge is 0.371 e. The van der Waals surface area contributed by atoms with Gasteiger partial charge in [0.2, 0.25) is 15.9 Å². The van der Waals surface area contributed by atoms with Gasteiger partial charge in [-0.3, -0.25) is 9.48 Å². The number of rotatable bonds is 3. The first-order valence-electron chi connectivity index (χ1n) is 8.87. The molecule has 4 rings (SSSR count). The molecule has 1 amide bonds. The summed E-state index contributed by atoms with van der Waals surface area (Å²) in [5.41, 5.74) is 2.56. The highest BCUT2D eigenvalue weighted by Crippen LogP contribution is 2.32. The predicted octanol–water partition coefficient (Wildman–Crippen LogP) is 1.09. The minimum Gasteiger partial charge on any atom is -0.371 e. The molecule has 27 heavy (non-hydrogen) atoms. The van der Waals surface area contributed by atoms with E-state index in [9.17, 15) is 13.2 Å². The van der Waals surface area contributed by atoms with E-state index in [1.807, 2.05) is 13.2 Å². The number of nitrogens with zero attached hydrogens (tertiary/aromatic N) is 4. The summed E-state index contributed by atoms with van der Waals surface area (Å²) >= 11 is 0. The number of amides is 1. The summed E-state index contributed by atoms with van der Waals surface area (Å²) in [6, 6.07) is 5.02. The summed E-state index contributed by atoms with van der Waals surface area (Å²) in [4.78, 5) is 13.6. The standard InChI is InChI=1S/C18H22N4O4S/c1-13(23)22-6-5-14-9-16(3-4-17(14)22)27(24,25)21-7-8-26-18(12-21)15-10-19-20(2)11-15/h3-4,9-11,18H,5-8,12H2,1-2H3/t18-/m0/s1. The highest BCUT2D eigenvalue weighted by molar-refractivity contribution is 7.89. The smallest absolute Gasteiger partial charge is 0.243 e. The molecule has 8 nitrogen and oxygen atoms in total. The van der Waals surface area contributed by atoms with Gasteiger partial charge in [-0.1, -0.05) is 0 Å². The van der Waals surface area contributed by atoms with Gasteiger partial charge < -0.3 is 9.64 Å². The van der Waals surface area contributed by atoms with Crippen molar-refractivity contribution in [2.75, 3.05) is 31.1 Å². The number of hydrogen-bond donors (Lipinski definition) is 0. The van der Waals surface area contributed by atoms with Crippen LogP contribution in [0.1, 0.15) is 24.2 Å². The lowest BCUT2D eigenvalue weighted by Crippen LogP contribution is -2.42. The van der Waals surface area contributed by atoms with E-state index >= 15 is 0 Å². The van der Waals surface area contributed by atoms with E-state index in [0.29, 0.717) is 26.1 Å². The summed E-state index contributed by atoms with van der Waals surface area (Å²) in [5.74, 6) is -0.0307. The van der Waals surface area contributed by atoms with Crippen LogP contribution in [0.3, 0.4) is 0 Å². The van der Waals surface area contributed by atoms with Crippen molar-refractivity contribution >= 4 is 21.6 Å². The average molecular weight is 390 g/mol. The molecular weight excluding hydrogens is 368 g/mol. The van der Waals surface area contributed by atoms with Crippen molar-refractivity contribution in [1.82, 2.24) is 14.1 Å². The van der Waals surface area contributed by atoms with Crippen molar-refractivity contribution in [3.8, 4) is 0 Å². The third kappa shape index (κ3) is 3.26. The maximum absolute atomic E-state index is 13.2. The first-order chi connectivity index (χ1) is 12.9. The van der Waals surface area contributed by atoms with E-state index in [1.165, 1.54) is 11.2 Å². The van der Waals surface area contributed by atoms with Crippen molar-refractivity contribution in [2.24, 2.45) is 7.05 Å². The second-order valence-corrected chi connectivity index (χ2v) is 8.82. The van der Waals surface area contributed by atoms with Gasteiger partial charge in [-0.25, -0.2) is 8.42 Å². The average Bonchev–Trinajstić information content (AvgIpc) is 3.27. The minimum atomic E-state index is -3.63. The van der Waals surface area contributed by atoms with Gasteiger partial charge >= 0.3 is 0 Å². The number of morpholine rings is 1. The Balaban J connectivity index is 1.59. The molecule has 2 aliphatic rings. The fourth-order valence-electron chi connectivity index (χ4n) is 3.67. The van der Waals surface area contributed by atoms with E-state index < -0.39 is 10.0 Å². The van der Waals surface area contributed by atoms with Crippen LogP contribution in [0.2, 0.25) is 0 Å². The van der Waals surface area contributed by atoms with Crippen LogP contribution in [0.15, 0.2) is 35.5 Å². The summed E-state index contributed by atoms with van der Waals surface area (Å²) in [6.07, 6.45) is 3.88. The van der Waals surface area contributed by atoms with Gasteiger partial charge in [-0.2, -0.15) is 9.40 Å². The Kier molecular flexibility index (Phi) is 4.53. The minimum absolute atomic E-state index is 0.0307. The van der Waals surface area contributed by atoms with Crippen LogP contribution in [-0.2, 0) is 33.0 Å². The van der Waals surface area contributed by atoms with E-state index in [2.05, 4.69) is 5.10 Å². The number of ether oxygens (including phenoxy) is 1. The Morgan fingerprint density at radius 3 is 2.81 bits per heavy atom. The molecule has 0 spiro atoms. The van der Waals surface area contributed by atoms with Gasteiger partial charge in [0.15, 0.2) is 0 Å². The maximum atomic E-state index is 13.2. The van der Waals surface area contributed by atoms with Crippen molar-refractivity contribution in [3.05, 3.63) is 41.7 Å². The summed E-state index contributed by atoms with van der Waals surface area (Å²) < 4.78 is 35.2. The maximum Gasteiger partial charge on any atom is 0.243 e. The summed E-state index contributed by atoms with van der Waals surface area (Å²) in [7, 11) is -1.82. The number of sulfonamides is 1. The molecule has 0 bridgehead atoms. The fraction of sp³-hybridized carbons (Fsp3) is 0.444. The number of carbonyl (C=O) groups excluding carboxylic acids is 1. The summed E-state index contributed by atoms with van der Waals surface area (Å²) in [5, 5.41) is 4.13. The summed E-state index contributed by atoms with van der Waals surface area (Å²) in [6.45, 7) is 3.02. The second-order valence-electron chi connectivity index (χ2n) is 6.88. The zero-order valence-electron chi connectivity index (χ0n) is 15.3. The quantitative estimate of drug-likeness (QED) is 0.783. The van der Waals surface area contributed by atoms with E-state index in [4.69, 9.17) is 4.74 Å². The zero-order chi connectivity index (χ0) is 19.2. The second kappa shape index (κ2) is 6.74. The van der Waals surface area contributed by atoms with Crippen molar-refractivity contribution < 1.29 is 17.9 Å². The third-order valence-corrected chi connectivity index (χ3v) is 6.95. The number of benzene rings is 1. The molecule has 0 radical (unpaired) electrons. The van der Waals surface area contributed by atoms with Gasteiger partial charge in [0, 0.05) is 51.1 Å². The van der Waals surface area contributed by atoms with Gasteiger partial charge in [0.05, 0.1) is 23.8 Å². The Morgan fingerprint density at radius 2 is 2.11 bits per heavy atom. The van der Waals surface area contributed by atoms with Crippen molar-refractivity contribution in [3.63, 3.8) is 0 Å². The molecule has 1 saturated heterocycles. The number of hydrogen-bond acceptors (Lipinski definition) is 5. The monoisotopic (exact) mass is 390 g/mol. The molecule has 0 unspecified atom stereocenters. The number of aromatic nitrogens is 2. The number of fused-ring (bicyclic) bond motifs is 1. The molecule has 1 atom stereocenters. The van der Waals surface area contributed by atoms with E-state index in [-0.39, 0.29) is 23.5 Å². The lowest BCUT2D eigenvalue weighted by molar-refractivity contribution is -0.116. The number of anilines is 1. The van der Waals surface area contributed by atoms with Crippen LogP contribution in [-0.4, -0.2) is 54.7 Å². The first kappa shape index (κ1) is 18.1. The molecule has 1 aromatic carbocycles. The molecular formula is C18H22N4O4S. The van der Waals surface area contributed by atoms with Crippen LogP contribution in [0.5, 0.6) is 0 Å². The Morgan fingerprint density at radius 1 is 1.30 bits per heavy atom. The lowest BCUT2D eigenvalue weighted by Gasteiger charge is -2.31. The van der Waals surface area contributed by atoms with Gasteiger partial charge in [-0.05, 0) is 30.2 Å². The Hall–Kier alpha value is -2.23. The van der Waals surface area contributed by atoms with Crippen LogP contribution in [0, 0.1) is 0 Å². The lowest BCUT2D eigenvalue weighted by atomic mass is 10.2. The van der Waals surface area contributed by atoms with Crippen LogP contribution < -0.4 is 4.90 Å². The molecule has 0 N–H and O–H groups in total. The fourth-order valence-corrected chi connectivity index (χ4v) is 5.14. The molecule has 144 valence electrons. The van der Waals surface area contributed by atoms with Crippen molar-refractivity contribution in [1.29, 1.82) is 0 Å². The van der Waals surface area contributed by atoms with Crippen molar-refractivity contribution in [2.45, 2.75) is 24.3 Å². The Labute approximate surface area is 158 Å². The van der Waals surface area contributed by atoms with Gasteiger partial charge in [0.25, 0.3) is 0 Å². The Bertz CT molecular complexity index is 985. The van der Waals surface area contributed by atoms with Crippen LogP contribution in [0.25, 0.3) is 0 Å². The predicted molar refractivity (Wildman–Crippen MR) is 98.8 cm³/mol. The highest BCUT2D eigenvalue weighted by Gasteiger charge is 2.33. The molecule has 0 aliphatic carbocycles. The molecule has 3 heterocycles. The molecule has 9 heteroatoms. The molecule has 2 aromatic rings. The van der Waals surface area contributed by atoms with Gasteiger partial charge in [-0.15, -0.1) is 0 Å². The SMILES string of the molecule is CC(=O)N1CCc2cc(S(=O)(=O)N3CCO[C@H](c4cnn(C)c4)C3)ccc21. The molecule has 2 aliphatic heterocycles. The zero-order valence-corrected chi connectivity index (χ0v) is 16.1. The highest BCUT2D eigenvalue weighted by atomic mass is 32.2. The number of aryl methyl sites for hydroxylation is 1. The number of carbonyl (C=O) groups is 1. The first-order valence-corrected chi connectivity index (χ1v) is 10.3. The van der Waals surface area contributed by atoms with E-state index in [0.717, 1.165) is 16.8 Å². The molecule has 1 aromatic heterocycles. The normalized spacial score (nSPS) is 20.7. The van der Waals surface area contributed by atoms with Crippen LogP contribution >= 0.6 is 0 Å². The van der Waals surface area contributed by atoms with Crippen LogP contribution in [0.4, 0.5) is 5.69 Å². The molecule has 1 fully saturated rings. The third-order valence-electron chi connectivity index (χ3n) is 5.09. The van der Waals surface area contributed by atoms with E-state index in [1.54, 1.807) is 34.0 Å². The topological polar surface area (TPSA) is 84.7 Å². The van der Waals surface area contributed by atoms with Gasteiger partial charge in [0.1, 0.15) is 0 Å².